The van der Waals surface area contributed by atoms with Crippen molar-refractivity contribution in [3.8, 4) is 5.69 Å². The van der Waals surface area contributed by atoms with E-state index in [0.717, 1.165) is 11.0 Å². The smallest absolute Gasteiger partial charge is 0.0540 e. The van der Waals surface area contributed by atoms with E-state index in [1.165, 1.54) is 16.1 Å². The first-order valence-corrected chi connectivity index (χ1v) is 6.13. The Kier molecular flexibility index (Phi) is 2.52. The van der Waals surface area contributed by atoms with E-state index in [2.05, 4.69) is 72.7 Å². The second kappa shape index (κ2) is 4.19. The van der Waals surface area contributed by atoms with Crippen molar-refractivity contribution in [1.29, 1.82) is 0 Å². The highest BCUT2D eigenvalue weighted by Gasteiger charge is 2.06. The summed E-state index contributed by atoms with van der Waals surface area (Å²) in [4.78, 5) is 0. The first-order chi connectivity index (χ1) is 8.83. The van der Waals surface area contributed by atoms with Gasteiger partial charge >= 0.3 is 0 Å². The largest absolute Gasteiger partial charge is 0.310 e. The topological polar surface area (TPSA) is 4.93 Å². The predicted molar refractivity (Wildman–Crippen MR) is 78.2 cm³/mol. The molecule has 0 aliphatic rings. The van der Waals surface area contributed by atoms with Gasteiger partial charge in [-0.15, -0.1) is 0 Å². The number of aromatic nitrogens is 1. The van der Waals surface area contributed by atoms with Crippen LogP contribution in [0.2, 0.25) is 0 Å². The lowest BCUT2D eigenvalue weighted by Gasteiger charge is -2.05. The van der Waals surface area contributed by atoms with Crippen LogP contribution in [0.3, 0.4) is 0 Å². The number of rotatable bonds is 1. The van der Waals surface area contributed by atoms with Crippen molar-refractivity contribution in [2.24, 2.45) is 0 Å². The fourth-order valence-corrected chi connectivity index (χ4v) is 2.51. The molecule has 0 bridgehead atoms. The molecule has 0 aliphatic heterocycles. The van der Waals surface area contributed by atoms with E-state index < -0.39 is 0 Å². The van der Waals surface area contributed by atoms with Crippen LogP contribution < -0.4 is 10.6 Å². The Morgan fingerprint density at radius 1 is 0.944 bits per heavy atom. The highest BCUT2D eigenvalue weighted by Crippen LogP contribution is 2.13. The van der Waals surface area contributed by atoms with E-state index in [1.54, 1.807) is 0 Å². The molecule has 1 heterocycles. The summed E-state index contributed by atoms with van der Waals surface area (Å²) in [6, 6.07) is 18.8. The third kappa shape index (κ3) is 1.48. The van der Waals surface area contributed by atoms with Gasteiger partial charge in [0.05, 0.1) is 5.52 Å². The monoisotopic (exact) mass is 233 g/mol. The normalized spacial score (nSPS) is 12.2. The van der Waals surface area contributed by atoms with E-state index in [1.807, 2.05) is 6.07 Å². The molecule has 1 nitrogen and oxygen atoms in total. The molecule has 0 amide bonds. The number of nitrogens with zero attached hydrogens (tertiary/aromatic N) is 1. The molecular formula is C17H15N. The molecule has 88 valence electrons. The van der Waals surface area contributed by atoms with Crippen LogP contribution in [0.1, 0.15) is 6.92 Å². The van der Waals surface area contributed by atoms with Crippen molar-refractivity contribution < 1.29 is 0 Å². The molecule has 0 radical (unpaired) electrons. The number of benzene rings is 2. The molecule has 3 aromatic rings. The third-order valence-electron chi connectivity index (χ3n) is 3.32. The molecule has 0 aliphatic carbocycles. The van der Waals surface area contributed by atoms with E-state index >= 15 is 0 Å². The standard InChI is InChI=1S/C17H15N/c1-3-15-13(2)18(14-9-5-4-6-10-14)17-12-8-7-11-16(15)17/h3-12H,2H2,1H3/b15-3-. The zero-order chi connectivity index (χ0) is 12.5. The van der Waals surface area contributed by atoms with E-state index in [0.29, 0.717) is 0 Å². The molecule has 2 aromatic carbocycles. The zero-order valence-corrected chi connectivity index (χ0v) is 10.4. The molecule has 18 heavy (non-hydrogen) atoms. The van der Waals surface area contributed by atoms with Gasteiger partial charge in [0.2, 0.25) is 0 Å². The zero-order valence-electron chi connectivity index (χ0n) is 10.4. The summed E-state index contributed by atoms with van der Waals surface area (Å²) in [5.74, 6) is 0. The number of fused-ring (bicyclic) bond motifs is 1. The van der Waals surface area contributed by atoms with Crippen LogP contribution in [0.5, 0.6) is 0 Å². The van der Waals surface area contributed by atoms with Crippen molar-refractivity contribution in [3.63, 3.8) is 0 Å². The van der Waals surface area contributed by atoms with Gasteiger partial charge in [0.15, 0.2) is 0 Å². The van der Waals surface area contributed by atoms with Crippen LogP contribution in [0, 0.1) is 0 Å². The van der Waals surface area contributed by atoms with Gasteiger partial charge in [-0.1, -0.05) is 49.1 Å². The van der Waals surface area contributed by atoms with Crippen molar-refractivity contribution >= 4 is 23.6 Å². The Labute approximate surface area is 106 Å². The van der Waals surface area contributed by atoms with Gasteiger partial charge in [-0.05, 0) is 25.1 Å². The highest BCUT2D eigenvalue weighted by molar-refractivity contribution is 5.83. The molecule has 0 saturated carbocycles. The van der Waals surface area contributed by atoms with Gasteiger partial charge in [0.1, 0.15) is 0 Å². The van der Waals surface area contributed by atoms with Crippen LogP contribution in [0.25, 0.3) is 29.2 Å². The Hall–Kier alpha value is -2.28. The van der Waals surface area contributed by atoms with E-state index in [-0.39, 0.29) is 0 Å². The van der Waals surface area contributed by atoms with Gasteiger partial charge in [0.25, 0.3) is 0 Å². The summed E-state index contributed by atoms with van der Waals surface area (Å²) in [6.07, 6.45) is 2.13. The molecule has 0 N–H and O–H groups in total. The maximum Gasteiger partial charge on any atom is 0.0540 e. The molecule has 3 rings (SSSR count). The average molecular weight is 233 g/mol. The van der Waals surface area contributed by atoms with Crippen LogP contribution in [0.15, 0.2) is 54.6 Å². The van der Waals surface area contributed by atoms with E-state index in [4.69, 9.17) is 0 Å². The van der Waals surface area contributed by atoms with Crippen LogP contribution >= 0.6 is 0 Å². The first kappa shape index (κ1) is 10.8. The minimum absolute atomic E-state index is 1.05. The quantitative estimate of drug-likeness (QED) is 0.609. The lowest BCUT2D eigenvalue weighted by atomic mass is 10.2. The summed E-state index contributed by atoms with van der Waals surface area (Å²) >= 11 is 0. The van der Waals surface area contributed by atoms with Crippen LogP contribution in [-0.4, -0.2) is 4.57 Å². The van der Waals surface area contributed by atoms with Gasteiger partial charge in [-0.2, -0.15) is 0 Å². The second-order valence-electron chi connectivity index (χ2n) is 4.34. The summed E-state index contributed by atoms with van der Waals surface area (Å²) in [5, 5.41) is 3.52. The van der Waals surface area contributed by atoms with Crippen molar-refractivity contribution in [1.82, 2.24) is 4.57 Å². The Morgan fingerprint density at radius 2 is 1.61 bits per heavy atom. The van der Waals surface area contributed by atoms with Crippen molar-refractivity contribution in [2.45, 2.75) is 6.92 Å². The fraction of sp³-hybridized carbons (Fsp3) is 0.0588. The predicted octanol–water partition coefficient (Wildman–Crippen LogP) is 2.84. The third-order valence-corrected chi connectivity index (χ3v) is 3.32. The molecule has 0 fully saturated rings. The van der Waals surface area contributed by atoms with Gasteiger partial charge in [-0.3, -0.25) is 0 Å². The summed E-state index contributed by atoms with van der Waals surface area (Å²) in [5.41, 5.74) is 2.37. The maximum absolute atomic E-state index is 4.24. The molecule has 0 spiro atoms. The molecule has 1 heteroatoms. The minimum atomic E-state index is 1.05. The van der Waals surface area contributed by atoms with Gasteiger partial charge in [0, 0.05) is 21.6 Å². The Balaban J connectivity index is 2.52. The average Bonchev–Trinajstić information content (AvgIpc) is 2.71. The Bertz CT molecular complexity index is 795. The van der Waals surface area contributed by atoms with Gasteiger partial charge < -0.3 is 4.57 Å². The number of para-hydroxylation sites is 2. The summed E-state index contributed by atoms with van der Waals surface area (Å²) in [7, 11) is 0. The van der Waals surface area contributed by atoms with E-state index in [9.17, 15) is 0 Å². The number of hydrogen-bond donors (Lipinski definition) is 0. The van der Waals surface area contributed by atoms with Gasteiger partial charge in [-0.25, -0.2) is 0 Å². The molecular weight excluding hydrogens is 218 g/mol. The molecule has 0 unspecified atom stereocenters. The molecule has 1 aromatic heterocycles. The molecule has 0 saturated heterocycles. The summed E-state index contributed by atoms with van der Waals surface area (Å²) < 4.78 is 2.21. The summed E-state index contributed by atoms with van der Waals surface area (Å²) in [6.45, 7) is 6.30. The Morgan fingerprint density at radius 3 is 2.33 bits per heavy atom. The first-order valence-electron chi connectivity index (χ1n) is 6.13. The van der Waals surface area contributed by atoms with Crippen LogP contribution in [0.4, 0.5) is 0 Å². The lowest BCUT2D eigenvalue weighted by Crippen LogP contribution is -2.26. The molecule has 0 atom stereocenters. The van der Waals surface area contributed by atoms with Crippen LogP contribution in [-0.2, 0) is 0 Å². The fourth-order valence-electron chi connectivity index (χ4n) is 2.51. The van der Waals surface area contributed by atoms with Crippen molar-refractivity contribution in [2.75, 3.05) is 0 Å². The lowest BCUT2D eigenvalue weighted by molar-refractivity contribution is 1.07. The SMILES string of the molecule is C=c1/c(=C/C)c2ccccc2n1-c1ccccc1. The minimum Gasteiger partial charge on any atom is -0.310 e. The second-order valence-corrected chi connectivity index (χ2v) is 4.34. The highest BCUT2D eigenvalue weighted by atomic mass is 15.0. The maximum atomic E-state index is 4.24. The van der Waals surface area contributed by atoms with Crippen molar-refractivity contribution in [3.05, 3.63) is 65.2 Å². The number of hydrogen-bond acceptors (Lipinski definition) is 0.